The number of hydrogen-bond donors (Lipinski definition) is 0. The van der Waals surface area contributed by atoms with E-state index in [0.717, 1.165) is 17.8 Å². The Morgan fingerprint density at radius 2 is 2.18 bits per heavy atom. The van der Waals surface area contributed by atoms with Gasteiger partial charge >= 0.3 is 0 Å². The fourth-order valence-electron chi connectivity index (χ4n) is 2.92. The van der Waals surface area contributed by atoms with Crippen LogP contribution in [0.3, 0.4) is 0 Å². The second-order valence-corrected chi connectivity index (χ2v) is 8.07. The molecule has 2 unspecified atom stereocenters. The quantitative estimate of drug-likeness (QED) is 0.404. The van der Waals surface area contributed by atoms with Crippen molar-refractivity contribution in [1.82, 2.24) is 4.90 Å². The van der Waals surface area contributed by atoms with Crippen LogP contribution in [-0.2, 0) is 19.0 Å². The molecule has 1 amide bonds. The molecule has 1 aliphatic carbocycles. The molecule has 1 heterocycles. The molecule has 7 heteroatoms. The maximum Gasteiger partial charge on any atom is 0.263 e. The van der Waals surface area contributed by atoms with Crippen LogP contribution in [0, 0.1) is 0 Å². The van der Waals surface area contributed by atoms with Crippen LogP contribution in [0.1, 0.15) is 33.6 Å². The van der Waals surface area contributed by atoms with Crippen LogP contribution < -0.4 is 0 Å². The first-order valence-corrected chi connectivity index (χ1v) is 9.90. The van der Waals surface area contributed by atoms with Gasteiger partial charge in [-0.3, -0.25) is 4.79 Å². The summed E-state index contributed by atoms with van der Waals surface area (Å²) < 4.78 is 17.0. The zero-order valence-electron chi connectivity index (χ0n) is 16.8. The predicted octanol–water partition coefficient (Wildman–Crippen LogP) is 5.00. The lowest BCUT2D eigenvalue weighted by Crippen LogP contribution is -2.39. The average molecular weight is 428 g/mol. The van der Waals surface area contributed by atoms with Crippen LogP contribution in [0.25, 0.3) is 0 Å². The molecule has 5 nitrogen and oxygen atoms in total. The number of allylic oxidation sites excluding steroid dienone is 4. The van der Waals surface area contributed by atoms with E-state index in [1.54, 1.807) is 31.0 Å². The summed E-state index contributed by atoms with van der Waals surface area (Å²) in [6, 6.07) is 0. The van der Waals surface area contributed by atoms with Crippen molar-refractivity contribution >= 4 is 29.1 Å². The van der Waals surface area contributed by atoms with Crippen LogP contribution in [-0.4, -0.2) is 42.9 Å². The molecule has 2 atom stereocenters. The number of fused-ring (bicyclic) bond motifs is 1. The lowest BCUT2D eigenvalue weighted by atomic mass is 9.92. The number of ether oxygens (including phenoxy) is 3. The number of amides is 1. The minimum Gasteiger partial charge on any atom is -0.479 e. The zero-order chi connectivity index (χ0) is 20.9. The van der Waals surface area contributed by atoms with Gasteiger partial charge in [0, 0.05) is 25.0 Å². The van der Waals surface area contributed by atoms with E-state index in [9.17, 15) is 4.79 Å². The van der Waals surface area contributed by atoms with E-state index in [-0.39, 0.29) is 12.7 Å². The van der Waals surface area contributed by atoms with Crippen molar-refractivity contribution in [2.75, 3.05) is 20.4 Å². The van der Waals surface area contributed by atoms with Crippen molar-refractivity contribution in [3.8, 4) is 0 Å². The molecule has 1 fully saturated rings. The summed E-state index contributed by atoms with van der Waals surface area (Å²) in [5, 5.41) is 0.776. The van der Waals surface area contributed by atoms with Gasteiger partial charge in [-0.15, -0.1) is 0 Å². The number of nitrogens with zero attached hydrogens (tertiary/aromatic N) is 1. The topological polar surface area (TPSA) is 48.0 Å². The van der Waals surface area contributed by atoms with E-state index in [2.05, 4.69) is 12.7 Å². The first-order chi connectivity index (χ1) is 13.2. The van der Waals surface area contributed by atoms with Crippen molar-refractivity contribution < 1.29 is 19.0 Å². The van der Waals surface area contributed by atoms with Gasteiger partial charge in [-0.25, -0.2) is 0 Å². The van der Waals surface area contributed by atoms with Crippen LogP contribution >= 0.6 is 23.2 Å². The van der Waals surface area contributed by atoms with E-state index in [1.807, 2.05) is 19.9 Å². The first-order valence-electron chi connectivity index (χ1n) is 9.14. The molecule has 0 N–H and O–H groups in total. The number of likely N-dealkylation sites (N-methyl/N-ethyl adjacent to an activating group) is 1. The van der Waals surface area contributed by atoms with Crippen LogP contribution in [0.15, 0.2) is 58.0 Å². The van der Waals surface area contributed by atoms with Gasteiger partial charge in [0.15, 0.2) is 12.9 Å². The maximum absolute atomic E-state index is 12.9. The van der Waals surface area contributed by atoms with Crippen LogP contribution in [0.5, 0.6) is 0 Å². The summed E-state index contributed by atoms with van der Waals surface area (Å²) in [7, 11) is 1.75. The zero-order valence-corrected chi connectivity index (χ0v) is 18.3. The van der Waals surface area contributed by atoms with Crippen molar-refractivity contribution in [2.24, 2.45) is 0 Å². The van der Waals surface area contributed by atoms with Crippen molar-refractivity contribution in [3.05, 3.63) is 58.0 Å². The average Bonchev–Trinajstić information content (AvgIpc) is 3.01. The van der Waals surface area contributed by atoms with Gasteiger partial charge in [-0.1, -0.05) is 42.8 Å². The van der Waals surface area contributed by atoms with E-state index < -0.39 is 11.7 Å². The second-order valence-electron chi connectivity index (χ2n) is 7.02. The number of carbonyl (C=O) groups excluding carboxylic acids is 1. The van der Waals surface area contributed by atoms with Gasteiger partial charge in [-0.05, 0) is 44.1 Å². The molecule has 0 radical (unpaired) electrons. The van der Waals surface area contributed by atoms with E-state index in [1.165, 1.54) is 0 Å². The highest BCUT2D eigenvalue weighted by Crippen LogP contribution is 2.36. The Morgan fingerprint density at radius 3 is 2.79 bits per heavy atom. The number of hydrogen-bond acceptors (Lipinski definition) is 4. The molecule has 0 spiro atoms. The molecule has 28 heavy (non-hydrogen) atoms. The first kappa shape index (κ1) is 22.6. The fourth-order valence-corrected chi connectivity index (χ4v) is 3.10. The van der Waals surface area contributed by atoms with Crippen LogP contribution in [0.2, 0.25) is 0 Å². The molecule has 0 aromatic carbocycles. The monoisotopic (exact) mass is 427 g/mol. The molecule has 0 saturated carbocycles. The Labute approximate surface area is 176 Å². The maximum atomic E-state index is 12.9. The number of carbonyl (C=O) groups is 1. The largest absolute Gasteiger partial charge is 0.479 e. The van der Waals surface area contributed by atoms with Gasteiger partial charge in [0.2, 0.25) is 0 Å². The summed E-state index contributed by atoms with van der Waals surface area (Å²) in [4.78, 5) is 14.5. The Kier molecular flexibility index (Phi) is 7.81. The highest BCUT2D eigenvalue weighted by molar-refractivity contribution is 6.31. The second kappa shape index (κ2) is 9.68. The normalized spacial score (nSPS) is 23.2. The predicted molar refractivity (Wildman–Crippen MR) is 112 cm³/mol. The Bertz CT molecular complexity index is 750. The third-order valence-electron chi connectivity index (χ3n) is 4.65. The van der Waals surface area contributed by atoms with Crippen molar-refractivity contribution in [3.63, 3.8) is 0 Å². The van der Waals surface area contributed by atoms with E-state index in [4.69, 9.17) is 37.4 Å². The summed E-state index contributed by atoms with van der Waals surface area (Å²) >= 11 is 11.9. The van der Waals surface area contributed by atoms with Gasteiger partial charge in [-0.2, -0.15) is 0 Å². The molecule has 1 saturated heterocycles. The molecule has 0 aromatic heterocycles. The number of rotatable bonds is 8. The summed E-state index contributed by atoms with van der Waals surface area (Å²) in [5.41, 5.74) is 0.614. The van der Waals surface area contributed by atoms with Crippen molar-refractivity contribution in [1.29, 1.82) is 0 Å². The molecule has 1 aliphatic heterocycles. The molecular formula is C21H27Cl2NO4. The smallest absolute Gasteiger partial charge is 0.263 e. The number of halogens is 2. The molecule has 2 rings (SSSR count). The SMILES string of the molecule is C=C(Cl)C=CC(OC(CC)C(=O)N(C)CC1=CCC2(C)OCOC2=C1)=C(C)Cl. The highest BCUT2D eigenvalue weighted by atomic mass is 35.5. The fraction of sp³-hybridized carbons (Fsp3) is 0.476. The van der Waals surface area contributed by atoms with Gasteiger partial charge in [0.1, 0.15) is 17.1 Å². The van der Waals surface area contributed by atoms with Gasteiger partial charge in [0.25, 0.3) is 5.91 Å². The Balaban J connectivity index is 2.04. The lowest BCUT2D eigenvalue weighted by molar-refractivity contribution is -0.139. The molecule has 0 aromatic rings. The van der Waals surface area contributed by atoms with E-state index in [0.29, 0.717) is 28.8 Å². The minimum absolute atomic E-state index is 0.132. The summed E-state index contributed by atoms with van der Waals surface area (Å²) in [5.74, 6) is 1.07. The van der Waals surface area contributed by atoms with Gasteiger partial charge in [0.05, 0.1) is 5.03 Å². The summed E-state index contributed by atoms with van der Waals surface area (Å²) in [6.45, 7) is 9.89. The molecule has 0 bridgehead atoms. The van der Waals surface area contributed by atoms with Crippen LogP contribution in [0.4, 0.5) is 0 Å². The highest BCUT2D eigenvalue weighted by Gasteiger charge is 2.38. The summed E-state index contributed by atoms with van der Waals surface area (Å²) in [6.07, 6.45) is 7.77. The standard InChI is InChI=1S/C21H27Cl2NO4/c1-6-17(28-18(15(3)23)8-7-14(2)22)20(25)24(5)12-16-9-10-21(4)19(11-16)26-13-27-21/h7-9,11,17H,2,6,10,12-13H2,1,3-5H3. The molecular weight excluding hydrogens is 401 g/mol. The lowest BCUT2D eigenvalue weighted by Gasteiger charge is -2.28. The van der Waals surface area contributed by atoms with Gasteiger partial charge < -0.3 is 19.1 Å². The Morgan fingerprint density at radius 1 is 1.46 bits per heavy atom. The third-order valence-corrected chi connectivity index (χ3v) is 4.96. The third kappa shape index (κ3) is 5.66. The Hall–Kier alpha value is -1.69. The molecule has 154 valence electrons. The van der Waals surface area contributed by atoms with E-state index >= 15 is 0 Å². The minimum atomic E-state index is -0.657. The van der Waals surface area contributed by atoms with Crippen molar-refractivity contribution in [2.45, 2.75) is 45.3 Å². The molecule has 2 aliphatic rings.